The van der Waals surface area contributed by atoms with Crippen molar-refractivity contribution in [3.05, 3.63) is 77.9 Å². The quantitative estimate of drug-likeness (QED) is 0.311. The van der Waals surface area contributed by atoms with Crippen molar-refractivity contribution < 1.29 is 44.8 Å². The molecule has 3 aromatic carbocycles. The van der Waals surface area contributed by atoms with Gasteiger partial charge in [0.05, 0.1) is 0 Å². The Balaban J connectivity index is 0.000000367. The summed E-state index contributed by atoms with van der Waals surface area (Å²) in [6, 6.07) is 16.2. The van der Waals surface area contributed by atoms with Crippen LogP contribution in [0.2, 0.25) is 0 Å². The van der Waals surface area contributed by atoms with Crippen molar-refractivity contribution in [3.8, 4) is 0 Å². The Hall–Kier alpha value is -1.05. The molecular formula is C31H38Cl2Ti-2. The maximum atomic E-state index is 2.99. The molecule has 3 aromatic rings. The van der Waals surface area contributed by atoms with Crippen LogP contribution < -0.4 is 24.8 Å². The molecule has 0 amide bonds. The summed E-state index contributed by atoms with van der Waals surface area (Å²) in [4.78, 5) is 0. The first-order valence-corrected chi connectivity index (χ1v) is 12.8. The fourth-order valence-corrected chi connectivity index (χ4v) is 4.65. The van der Waals surface area contributed by atoms with Crippen LogP contribution in [0.15, 0.2) is 60.7 Å². The molecule has 1 fully saturated rings. The molecule has 0 saturated heterocycles. The van der Waals surface area contributed by atoms with Crippen LogP contribution in [0.4, 0.5) is 0 Å². The van der Waals surface area contributed by atoms with E-state index in [1.165, 1.54) is 58.4 Å². The summed E-state index contributed by atoms with van der Waals surface area (Å²) in [5.74, 6) is 0. The minimum atomic E-state index is 0. The molecule has 0 N–H and O–H groups in total. The van der Waals surface area contributed by atoms with Crippen molar-refractivity contribution in [3.63, 3.8) is 0 Å². The van der Waals surface area contributed by atoms with Crippen LogP contribution in [0.25, 0.3) is 21.5 Å². The van der Waals surface area contributed by atoms with Gasteiger partial charge in [0.1, 0.15) is 0 Å². The van der Waals surface area contributed by atoms with Crippen LogP contribution in [-0.2, 0) is 30.8 Å². The molecule has 0 unspecified atom stereocenters. The van der Waals surface area contributed by atoms with E-state index < -0.39 is 0 Å². The maximum absolute atomic E-state index is 2.99. The number of allylic oxidation sites excluding steroid dienone is 4. The number of fused-ring (bicyclic) bond motifs is 3. The van der Waals surface area contributed by atoms with Crippen LogP contribution >= 0.6 is 0 Å². The second-order valence-electron chi connectivity index (χ2n) is 11.1. The van der Waals surface area contributed by atoms with Gasteiger partial charge in [0.15, 0.2) is 0 Å². The van der Waals surface area contributed by atoms with Gasteiger partial charge in [0, 0.05) is 0 Å². The summed E-state index contributed by atoms with van der Waals surface area (Å²) in [5, 5.41) is 5.48. The van der Waals surface area contributed by atoms with Gasteiger partial charge in [0.2, 0.25) is 0 Å². The SMILES string of the molecule is CC(C)(C)c1ccc2c(c1)[cH-]c1cc(C(C)(C)C)ccc12.[C-]1=CC=CC1.[Cl-].[Cl-].[Ti+2]=[C]1CCCC1. The average molecular weight is 529 g/mol. The third kappa shape index (κ3) is 8.56. The van der Waals surface area contributed by atoms with E-state index in [9.17, 15) is 0 Å². The molecule has 34 heavy (non-hydrogen) atoms. The Labute approximate surface area is 231 Å². The molecule has 0 nitrogen and oxygen atoms in total. The molecule has 2 aliphatic rings. The number of benzene rings is 2. The van der Waals surface area contributed by atoms with E-state index in [1.807, 2.05) is 12.2 Å². The van der Waals surface area contributed by atoms with Gasteiger partial charge >= 0.3 is 49.5 Å². The van der Waals surface area contributed by atoms with Crippen molar-refractivity contribution >= 4 is 25.4 Å². The van der Waals surface area contributed by atoms with E-state index in [4.69, 9.17) is 0 Å². The molecular weight excluding hydrogens is 491 g/mol. The third-order valence-electron chi connectivity index (χ3n) is 6.23. The molecule has 0 radical (unpaired) electrons. The standard InChI is InChI=1S/C21H25.C5H8.C5H5.2ClH.Ti/c1-20(2,3)16-7-9-18-14(12-16)11-15-13-17(21(4,5)6)8-10-19(15)18;2*1-2-4-5-3-1;;;/h7-13H,1-6H3;1-4H2;1-3H,4H2;2*1H;/q-1;;-1;;;+2/p-2. The average Bonchev–Trinajstić information content (AvgIpc) is 3.48. The summed E-state index contributed by atoms with van der Waals surface area (Å²) in [7, 11) is 0. The molecule has 1 saturated carbocycles. The third-order valence-corrected chi connectivity index (χ3v) is 7.01. The Morgan fingerprint density at radius 3 is 1.50 bits per heavy atom. The van der Waals surface area contributed by atoms with Gasteiger partial charge in [-0.3, -0.25) is 6.08 Å². The van der Waals surface area contributed by atoms with Crippen LogP contribution in [0.5, 0.6) is 0 Å². The molecule has 2 aliphatic carbocycles. The van der Waals surface area contributed by atoms with Gasteiger partial charge in [-0.05, 0) is 10.8 Å². The van der Waals surface area contributed by atoms with Crippen molar-refractivity contribution in [1.29, 1.82) is 0 Å². The monoisotopic (exact) mass is 528 g/mol. The van der Waals surface area contributed by atoms with E-state index in [-0.39, 0.29) is 35.6 Å². The molecule has 5 rings (SSSR count). The topological polar surface area (TPSA) is 0 Å². The predicted molar refractivity (Wildman–Crippen MR) is 139 cm³/mol. The summed E-state index contributed by atoms with van der Waals surface area (Å²) >= 11 is 2.26. The van der Waals surface area contributed by atoms with Crippen LogP contribution in [0.3, 0.4) is 0 Å². The Kier molecular flexibility index (Phi) is 12.1. The normalized spacial score (nSPS) is 14.8. The number of halogens is 2. The van der Waals surface area contributed by atoms with Gasteiger partial charge in [-0.1, -0.05) is 76.9 Å². The zero-order valence-corrected chi connectivity index (χ0v) is 24.6. The van der Waals surface area contributed by atoms with Crippen LogP contribution in [-0.4, -0.2) is 3.81 Å². The first kappa shape index (κ1) is 31.0. The van der Waals surface area contributed by atoms with Crippen LogP contribution in [0, 0.1) is 6.08 Å². The molecule has 182 valence electrons. The Bertz CT molecular complexity index is 1050. The first-order valence-electron chi connectivity index (χ1n) is 12.0. The summed E-state index contributed by atoms with van der Waals surface area (Å²) in [5.41, 5.74) is 3.21. The molecule has 0 spiro atoms. The van der Waals surface area contributed by atoms with Crippen molar-refractivity contribution in [2.75, 3.05) is 0 Å². The molecule has 0 aromatic heterocycles. The van der Waals surface area contributed by atoms with Gasteiger partial charge in [-0.15, -0.1) is 46.2 Å². The molecule has 0 aliphatic heterocycles. The molecule has 0 heterocycles. The van der Waals surface area contributed by atoms with Gasteiger partial charge in [-0.2, -0.15) is 6.08 Å². The van der Waals surface area contributed by atoms with Crippen molar-refractivity contribution in [1.82, 2.24) is 0 Å². The second kappa shape index (κ2) is 13.3. The molecule has 0 bridgehead atoms. The zero-order valence-electron chi connectivity index (χ0n) is 21.6. The first-order chi connectivity index (χ1) is 15.1. The Morgan fingerprint density at radius 1 is 0.765 bits per heavy atom. The van der Waals surface area contributed by atoms with Crippen molar-refractivity contribution in [2.45, 2.75) is 84.5 Å². The van der Waals surface area contributed by atoms with E-state index in [2.05, 4.69) is 116 Å². The number of rotatable bonds is 0. The summed E-state index contributed by atoms with van der Waals surface area (Å²) in [6.07, 6.45) is 15.7. The van der Waals surface area contributed by atoms with Gasteiger partial charge in [0.25, 0.3) is 0 Å². The zero-order chi connectivity index (χ0) is 23.4. The van der Waals surface area contributed by atoms with E-state index in [1.54, 1.807) is 3.81 Å². The number of hydrogen-bond acceptors (Lipinski definition) is 0. The van der Waals surface area contributed by atoms with Crippen LogP contribution in [0.1, 0.15) is 84.8 Å². The molecule has 0 atom stereocenters. The second-order valence-corrected chi connectivity index (χ2v) is 12.2. The van der Waals surface area contributed by atoms with Gasteiger partial charge in [-0.25, -0.2) is 12.2 Å². The van der Waals surface area contributed by atoms with E-state index in [0.29, 0.717) is 0 Å². The summed E-state index contributed by atoms with van der Waals surface area (Å²) < 4.78 is 1.70. The minimum absolute atomic E-state index is 0. The Morgan fingerprint density at radius 2 is 1.24 bits per heavy atom. The van der Waals surface area contributed by atoms with Crippen molar-refractivity contribution in [2.24, 2.45) is 0 Å². The fraction of sp³-hybridized carbons (Fsp3) is 0.419. The number of hydrogen-bond donors (Lipinski definition) is 0. The van der Waals surface area contributed by atoms with Gasteiger partial charge < -0.3 is 24.8 Å². The molecule has 3 heteroatoms. The van der Waals surface area contributed by atoms with E-state index >= 15 is 0 Å². The summed E-state index contributed by atoms with van der Waals surface area (Å²) in [6.45, 7) is 13.6. The predicted octanol–water partition coefficient (Wildman–Crippen LogP) is 2.90. The fourth-order valence-electron chi connectivity index (χ4n) is 4.10. The van der Waals surface area contributed by atoms with E-state index in [0.717, 1.165) is 6.42 Å².